The van der Waals surface area contributed by atoms with E-state index in [0.717, 1.165) is 12.8 Å². The second kappa shape index (κ2) is 24.7. The van der Waals surface area contributed by atoms with Gasteiger partial charge in [0.2, 0.25) is 0 Å². The Morgan fingerprint density at radius 3 is 1.22 bits per heavy atom. The molecule has 0 saturated carbocycles. The highest BCUT2D eigenvalue weighted by Crippen LogP contribution is 2.22. The van der Waals surface area contributed by atoms with Gasteiger partial charge in [0.1, 0.15) is 12.1 Å². The van der Waals surface area contributed by atoms with E-state index in [9.17, 15) is 14.4 Å². The molecule has 0 bridgehead atoms. The van der Waals surface area contributed by atoms with Crippen LogP contribution in [0, 0.1) is 0 Å². The SMILES string of the molecule is CCCCCCCCCCCCCCCC(=O)O.NC(CSSC[C@H](N)C(=O)O)C(=O)O. The molecule has 8 nitrogen and oxygen atoms in total. The second-order valence-electron chi connectivity index (χ2n) is 7.84. The number of hydrogen-bond donors (Lipinski definition) is 5. The van der Waals surface area contributed by atoms with Gasteiger partial charge in [-0.25, -0.2) is 0 Å². The van der Waals surface area contributed by atoms with Crippen molar-refractivity contribution >= 4 is 39.5 Å². The number of carbonyl (C=O) groups is 3. The summed E-state index contributed by atoms with van der Waals surface area (Å²) in [6.45, 7) is 2.26. The molecule has 1 unspecified atom stereocenters. The van der Waals surface area contributed by atoms with Crippen LogP contribution < -0.4 is 11.5 Å². The first-order chi connectivity index (χ1) is 15.2. The highest BCUT2D eigenvalue weighted by Gasteiger charge is 2.14. The average Bonchev–Trinajstić information content (AvgIpc) is 2.74. The summed E-state index contributed by atoms with van der Waals surface area (Å²) < 4.78 is 0. The minimum absolute atomic E-state index is 0.229. The molecule has 32 heavy (non-hydrogen) atoms. The fourth-order valence-electron chi connectivity index (χ4n) is 2.68. The van der Waals surface area contributed by atoms with E-state index in [1.165, 1.54) is 92.2 Å². The fourth-order valence-corrected chi connectivity index (χ4v) is 4.91. The topological polar surface area (TPSA) is 164 Å². The van der Waals surface area contributed by atoms with Crippen LogP contribution in [-0.2, 0) is 14.4 Å². The van der Waals surface area contributed by atoms with E-state index in [1.807, 2.05) is 0 Å². The maximum absolute atomic E-state index is 10.3. The molecule has 0 amide bonds. The Morgan fingerprint density at radius 2 is 0.938 bits per heavy atom. The van der Waals surface area contributed by atoms with Gasteiger partial charge in [-0.15, -0.1) is 0 Å². The average molecular weight is 497 g/mol. The molecule has 0 spiro atoms. The second-order valence-corrected chi connectivity index (χ2v) is 10.4. The maximum Gasteiger partial charge on any atom is 0.321 e. The smallest absolute Gasteiger partial charge is 0.321 e. The molecule has 190 valence electrons. The molecule has 0 aromatic rings. The van der Waals surface area contributed by atoms with Crippen LogP contribution in [-0.4, -0.2) is 56.8 Å². The van der Waals surface area contributed by atoms with Crippen LogP contribution in [0.3, 0.4) is 0 Å². The first-order valence-corrected chi connectivity index (χ1v) is 14.1. The quantitative estimate of drug-likeness (QED) is 0.111. The van der Waals surface area contributed by atoms with Crippen LogP contribution in [0.2, 0.25) is 0 Å². The Hall–Kier alpha value is -0.970. The molecule has 7 N–H and O–H groups in total. The number of aliphatic carboxylic acids is 3. The van der Waals surface area contributed by atoms with Crippen LogP contribution in [0.4, 0.5) is 0 Å². The summed E-state index contributed by atoms with van der Waals surface area (Å²) in [6.07, 6.45) is 17.3. The minimum atomic E-state index is -1.07. The highest BCUT2D eigenvalue weighted by atomic mass is 33.1. The molecule has 0 aliphatic carbocycles. The lowest BCUT2D eigenvalue weighted by Crippen LogP contribution is -2.33. The van der Waals surface area contributed by atoms with Crippen molar-refractivity contribution in [3.05, 3.63) is 0 Å². The van der Waals surface area contributed by atoms with Crippen molar-refractivity contribution in [1.82, 2.24) is 0 Å². The highest BCUT2D eigenvalue weighted by molar-refractivity contribution is 8.76. The van der Waals surface area contributed by atoms with Gasteiger partial charge in [0.05, 0.1) is 0 Å². The molecular weight excluding hydrogens is 452 g/mol. The molecule has 0 rings (SSSR count). The molecule has 0 aliphatic rings. The Kier molecular flexibility index (Phi) is 25.6. The van der Waals surface area contributed by atoms with Gasteiger partial charge in [-0.2, -0.15) is 0 Å². The summed E-state index contributed by atoms with van der Waals surface area (Å²) in [5.41, 5.74) is 10.4. The van der Waals surface area contributed by atoms with E-state index < -0.39 is 30.0 Å². The number of nitrogens with two attached hydrogens (primary N) is 2. The molecule has 2 atom stereocenters. The van der Waals surface area contributed by atoms with Crippen molar-refractivity contribution in [3.8, 4) is 0 Å². The molecule has 0 saturated heterocycles. The maximum atomic E-state index is 10.3. The summed E-state index contributed by atoms with van der Waals surface area (Å²) in [5, 5.41) is 25.3. The molecule has 0 aromatic carbocycles. The third-order valence-electron chi connectivity index (χ3n) is 4.71. The lowest BCUT2D eigenvalue weighted by Gasteiger charge is -2.07. The molecule has 0 aromatic heterocycles. The van der Waals surface area contributed by atoms with Crippen molar-refractivity contribution in [2.45, 2.75) is 109 Å². The zero-order valence-corrected chi connectivity index (χ0v) is 21.1. The Balaban J connectivity index is 0. The van der Waals surface area contributed by atoms with Crippen molar-refractivity contribution in [2.75, 3.05) is 11.5 Å². The van der Waals surface area contributed by atoms with Gasteiger partial charge in [0.15, 0.2) is 0 Å². The Labute approximate surface area is 201 Å². The number of unbranched alkanes of at least 4 members (excludes halogenated alkanes) is 12. The third kappa shape index (κ3) is 27.1. The third-order valence-corrected chi connectivity index (χ3v) is 7.18. The van der Waals surface area contributed by atoms with Crippen molar-refractivity contribution < 1.29 is 29.7 Å². The number of rotatable bonds is 21. The van der Waals surface area contributed by atoms with Gasteiger partial charge in [-0.05, 0) is 6.42 Å². The van der Waals surface area contributed by atoms with Crippen LogP contribution in [0.5, 0.6) is 0 Å². The molecule has 0 aliphatic heterocycles. The summed E-state index contributed by atoms with van der Waals surface area (Å²) in [4.78, 5) is 30.8. The number of hydrogen-bond acceptors (Lipinski definition) is 7. The van der Waals surface area contributed by atoms with Gasteiger partial charge in [0, 0.05) is 17.9 Å². The summed E-state index contributed by atoms with van der Waals surface area (Å²) in [7, 11) is 2.41. The first-order valence-electron chi connectivity index (χ1n) is 11.6. The van der Waals surface area contributed by atoms with Crippen molar-refractivity contribution in [2.24, 2.45) is 11.5 Å². The Bertz CT molecular complexity index is 461. The predicted octanol–water partition coefficient (Wildman–Crippen LogP) is 4.74. The normalized spacial score (nSPS) is 12.5. The van der Waals surface area contributed by atoms with E-state index in [0.29, 0.717) is 6.42 Å². The van der Waals surface area contributed by atoms with Gasteiger partial charge in [-0.1, -0.05) is 106 Å². The summed E-state index contributed by atoms with van der Waals surface area (Å²) in [6, 6.07) is -1.85. The molecule has 0 radical (unpaired) electrons. The largest absolute Gasteiger partial charge is 0.481 e. The van der Waals surface area contributed by atoms with Crippen molar-refractivity contribution in [1.29, 1.82) is 0 Å². The molecular formula is C22H44N2O6S2. The van der Waals surface area contributed by atoms with Crippen LogP contribution in [0.1, 0.15) is 96.8 Å². The fraction of sp³-hybridized carbons (Fsp3) is 0.864. The van der Waals surface area contributed by atoms with Crippen LogP contribution in [0.15, 0.2) is 0 Å². The van der Waals surface area contributed by atoms with E-state index in [1.54, 1.807) is 0 Å². The zero-order valence-electron chi connectivity index (χ0n) is 19.5. The van der Waals surface area contributed by atoms with Gasteiger partial charge < -0.3 is 26.8 Å². The van der Waals surface area contributed by atoms with Crippen molar-refractivity contribution in [3.63, 3.8) is 0 Å². The number of carboxylic acid groups (broad SMARTS) is 3. The number of carboxylic acids is 3. The molecule has 0 fully saturated rings. The first kappa shape index (κ1) is 33.2. The van der Waals surface area contributed by atoms with E-state index in [-0.39, 0.29) is 11.5 Å². The standard InChI is InChI=1S/C16H32O2.C6H12N2O4S2/c1-2-3-4-5-6-7-8-9-10-11-12-13-14-15-16(17)18;7-3(5(9)10)1-13-14-2-4(8)6(11)12/h2-15H2,1H3,(H,17,18);3-4H,1-2,7-8H2,(H,9,10)(H,11,12)/t;3-,4?/m.0/s1. The molecule has 10 heteroatoms. The summed E-state index contributed by atoms with van der Waals surface area (Å²) in [5.74, 6) is -2.34. The monoisotopic (exact) mass is 496 g/mol. The van der Waals surface area contributed by atoms with E-state index in [4.69, 9.17) is 26.8 Å². The van der Waals surface area contributed by atoms with E-state index in [2.05, 4.69) is 6.92 Å². The van der Waals surface area contributed by atoms with Gasteiger partial charge in [-0.3, -0.25) is 14.4 Å². The van der Waals surface area contributed by atoms with E-state index >= 15 is 0 Å². The van der Waals surface area contributed by atoms with Gasteiger partial charge >= 0.3 is 17.9 Å². The summed E-state index contributed by atoms with van der Waals surface area (Å²) >= 11 is 0. The minimum Gasteiger partial charge on any atom is -0.481 e. The zero-order chi connectivity index (χ0) is 24.6. The van der Waals surface area contributed by atoms with Crippen LogP contribution in [0.25, 0.3) is 0 Å². The van der Waals surface area contributed by atoms with Crippen LogP contribution >= 0.6 is 21.6 Å². The van der Waals surface area contributed by atoms with Gasteiger partial charge in [0.25, 0.3) is 0 Å². The predicted molar refractivity (Wildman–Crippen MR) is 134 cm³/mol. The Morgan fingerprint density at radius 1 is 0.625 bits per heavy atom. The molecule has 0 heterocycles. The lowest BCUT2D eigenvalue weighted by molar-refractivity contribution is -0.138. The lowest BCUT2D eigenvalue weighted by atomic mass is 10.0.